The number of rotatable bonds is 22. The summed E-state index contributed by atoms with van der Waals surface area (Å²) in [6.45, 7) is 8.92. The molecule has 0 fully saturated rings. The Bertz CT molecular complexity index is 981. The van der Waals surface area contributed by atoms with E-state index < -0.39 is 0 Å². The Morgan fingerprint density at radius 2 is 0.750 bits per heavy atom. The summed E-state index contributed by atoms with van der Waals surface area (Å²) in [6, 6.07) is 0. The molecule has 2 aromatic rings. The van der Waals surface area contributed by atoms with Crippen molar-refractivity contribution in [1.29, 1.82) is 0 Å². The van der Waals surface area contributed by atoms with Crippen molar-refractivity contribution in [3.05, 3.63) is 45.0 Å². The highest BCUT2D eigenvalue weighted by atomic mass is 16.1. The van der Waals surface area contributed by atoms with Gasteiger partial charge in [0.1, 0.15) is 0 Å². The molecule has 222 valence electrons. The van der Waals surface area contributed by atoms with Gasteiger partial charge in [0.2, 0.25) is 0 Å². The van der Waals surface area contributed by atoms with E-state index in [9.17, 15) is 9.59 Å². The maximum atomic E-state index is 12.1. The molecule has 0 atom stereocenters. The SMILES string of the molecule is CCCCCCc1c(C#Cc2[nH]c(C=O)c(CCCCCC)c2CCCCCC)[nH]c(C=O)c1CCCCCC. The zero-order chi connectivity index (χ0) is 29.0. The number of H-pyrrole nitrogens is 2. The predicted molar refractivity (Wildman–Crippen MR) is 170 cm³/mol. The van der Waals surface area contributed by atoms with E-state index in [1.54, 1.807) is 0 Å². The van der Waals surface area contributed by atoms with Gasteiger partial charge in [0.25, 0.3) is 0 Å². The second kappa shape index (κ2) is 20.4. The van der Waals surface area contributed by atoms with Crippen LogP contribution < -0.4 is 0 Å². The van der Waals surface area contributed by atoms with Crippen molar-refractivity contribution >= 4 is 12.6 Å². The molecular weight excluding hydrogens is 492 g/mol. The van der Waals surface area contributed by atoms with Gasteiger partial charge in [0.05, 0.1) is 22.8 Å². The molecule has 2 heterocycles. The minimum Gasteiger partial charge on any atom is -0.345 e. The van der Waals surface area contributed by atoms with E-state index in [0.717, 1.165) is 75.3 Å². The van der Waals surface area contributed by atoms with Crippen molar-refractivity contribution in [2.24, 2.45) is 0 Å². The molecule has 2 aromatic heterocycles. The van der Waals surface area contributed by atoms with Gasteiger partial charge >= 0.3 is 0 Å². The summed E-state index contributed by atoms with van der Waals surface area (Å²) >= 11 is 0. The highest BCUT2D eigenvalue weighted by Gasteiger charge is 2.18. The third-order valence-corrected chi connectivity index (χ3v) is 8.17. The fourth-order valence-corrected chi connectivity index (χ4v) is 5.77. The maximum absolute atomic E-state index is 12.1. The molecule has 0 saturated heterocycles. The maximum Gasteiger partial charge on any atom is 0.166 e. The lowest BCUT2D eigenvalue weighted by Gasteiger charge is -2.07. The second-order valence-electron chi connectivity index (χ2n) is 11.5. The van der Waals surface area contributed by atoms with E-state index in [1.807, 2.05) is 0 Å². The number of carbonyl (C=O) groups excluding carboxylic acids is 2. The van der Waals surface area contributed by atoms with Gasteiger partial charge < -0.3 is 9.97 Å². The molecule has 0 saturated carbocycles. The molecule has 0 aromatic carbocycles. The van der Waals surface area contributed by atoms with Gasteiger partial charge in [-0.3, -0.25) is 9.59 Å². The van der Waals surface area contributed by atoms with Crippen LogP contribution in [0.3, 0.4) is 0 Å². The number of aromatic amines is 2. The predicted octanol–water partition coefficient (Wildman–Crippen LogP) is 9.86. The van der Waals surface area contributed by atoms with Gasteiger partial charge in [0.15, 0.2) is 12.6 Å². The Morgan fingerprint density at radius 3 is 1.02 bits per heavy atom. The van der Waals surface area contributed by atoms with Crippen LogP contribution in [0.4, 0.5) is 0 Å². The van der Waals surface area contributed by atoms with Crippen LogP contribution in [0.1, 0.15) is 185 Å². The summed E-state index contributed by atoms with van der Waals surface area (Å²) in [5.41, 5.74) is 7.96. The Morgan fingerprint density at radius 1 is 0.450 bits per heavy atom. The minimum absolute atomic E-state index is 0.697. The largest absolute Gasteiger partial charge is 0.345 e. The molecule has 0 aliphatic rings. The quantitative estimate of drug-likeness (QED) is 0.0873. The summed E-state index contributed by atoms with van der Waals surface area (Å²) in [6.07, 6.45) is 24.7. The fourth-order valence-electron chi connectivity index (χ4n) is 5.77. The standard InChI is InChI=1S/C36H56N2O2/c1-5-9-13-17-21-29-31(23-19-15-11-7-3)35(27-39)37-33(29)25-26-34-30(22-18-14-10-6-2)32(36(28-40)38-34)24-20-16-12-8-4/h27-28,37-38H,5-24H2,1-4H3. The molecule has 0 unspecified atom stereocenters. The summed E-state index contributed by atoms with van der Waals surface area (Å²) in [5, 5.41) is 0. The van der Waals surface area contributed by atoms with Crippen molar-refractivity contribution < 1.29 is 9.59 Å². The molecule has 0 amide bonds. The normalized spacial score (nSPS) is 11.0. The first kappa shape index (κ1) is 33.7. The van der Waals surface area contributed by atoms with Crippen LogP contribution in [-0.2, 0) is 25.7 Å². The first-order chi connectivity index (χ1) is 19.6. The number of carbonyl (C=O) groups is 2. The zero-order valence-corrected chi connectivity index (χ0v) is 26.1. The number of unbranched alkanes of at least 4 members (excludes halogenated alkanes) is 12. The fraction of sp³-hybridized carbons (Fsp3) is 0.667. The summed E-state index contributed by atoms with van der Waals surface area (Å²) in [5.74, 6) is 6.88. The molecule has 0 bridgehead atoms. The molecule has 4 nitrogen and oxygen atoms in total. The molecule has 2 rings (SSSR count). The number of aldehydes is 2. The molecule has 0 spiro atoms. The molecule has 4 heteroatoms. The van der Waals surface area contributed by atoms with E-state index in [0.29, 0.717) is 11.4 Å². The monoisotopic (exact) mass is 548 g/mol. The van der Waals surface area contributed by atoms with Crippen molar-refractivity contribution in [2.75, 3.05) is 0 Å². The lowest BCUT2D eigenvalue weighted by atomic mass is 9.96. The van der Waals surface area contributed by atoms with Crippen LogP contribution in [0.2, 0.25) is 0 Å². The van der Waals surface area contributed by atoms with E-state index in [2.05, 4.69) is 49.5 Å². The van der Waals surface area contributed by atoms with Crippen LogP contribution in [0, 0.1) is 11.8 Å². The third kappa shape index (κ3) is 10.8. The van der Waals surface area contributed by atoms with Crippen LogP contribution in [0.25, 0.3) is 0 Å². The third-order valence-electron chi connectivity index (χ3n) is 8.17. The lowest BCUT2D eigenvalue weighted by molar-refractivity contribution is 0.111. The minimum atomic E-state index is 0.697. The lowest BCUT2D eigenvalue weighted by Crippen LogP contribution is -1.97. The Labute approximate surface area is 244 Å². The molecule has 0 aliphatic carbocycles. The van der Waals surface area contributed by atoms with E-state index in [4.69, 9.17) is 0 Å². The average Bonchev–Trinajstić information content (AvgIpc) is 3.49. The van der Waals surface area contributed by atoms with Crippen molar-refractivity contribution in [2.45, 2.75) is 156 Å². The van der Waals surface area contributed by atoms with E-state index in [1.165, 1.54) is 99.3 Å². The number of hydrogen-bond acceptors (Lipinski definition) is 2. The topological polar surface area (TPSA) is 65.7 Å². The highest BCUT2D eigenvalue weighted by molar-refractivity contribution is 5.78. The first-order valence-corrected chi connectivity index (χ1v) is 16.5. The van der Waals surface area contributed by atoms with Crippen molar-refractivity contribution in [3.8, 4) is 11.8 Å². The van der Waals surface area contributed by atoms with Crippen LogP contribution >= 0.6 is 0 Å². The van der Waals surface area contributed by atoms with Gasteiger partial charge in [-0.15, -0.1) is 0 Å². The van der Waals surface area contributed by atoms with E-state index >= 15 is 0 Å². The van der Waals surface area contributed by atoms with Gasteiger partial charge in [0, 0.05) is 0 Å². The molecular formula is C36H56N2O2. The summed E-state index contributed by atoms with van der Waals surface area (Å²) in [4.78, 5) is 30.9. The molecule has 0 aliphatic heterocycles. The van der Waals surface area contributed by atoms with Gasteiger partial charge in [-0.25, -0.2) is 0 Å². The van der Waals surface area contributed by atoms with Gasteiger partial charge in [-0.1, -0.05) is 105 Å². The Kier molecular flexibility index (Phi) is 17.1. The summed E-state index contributed by atoms with van der Waals surface area (Å²) in [7, 11) is 0. The molecule has 2 N–H and O–H groups in total. The Hall–Kier alpha value is -2.54. The van der Waals surface area contributed by atoms with Crippen molar-refractivity contribution in [1.82, 2.24) is 9.97 Å². The van der Waals surface area contributed by atoms with Crippen LogP contribution in [0.15, 0.2) is 0 Å². The highest BCUT2D eigenvalue weighted by Crippen LogP contribution is 2.26. The smallest absolute Gasteiger partial charge is 0.166 e. The molecule has 40 heavy (non-hydrogen) atoms. The molecule has 0 radical (unpaired) electrons. The van der Waals surface area contributed by atoms with Crippen LogP contribution in [-0.4, -0.2) is 22.5 Å². The number of nitrogens with one attached hydrogen (secondary N) is 2. The average molecular weight is 549 g/mol. The van der Waals surface area contributed by atoms with Crippen LogP contribution in [0.5, 0.6) is 0 Å². The zero-order valence-electron chi connectivity index (χ0n) is 26.1. The number of hydrogen-bond donors (Lipinski definition) is 2. The van der Waals surface area contributed by atoms with Gasteiger partial charge in [-0.05, 0) is 85.5 Å². The first-order valence-electron chi connectivity index (χ1n) is 16.5. The summed E-state index contributed by atoms with van der Waals surface area (Å²) < 4.78 is 0. The Balaban J connectivity index is 2.44. The second-order valence-corrected chi connectivity index (χ2v) is 11.5. The number of aromatic nitrogens is 2. The van der Waals surface area contributed by atoms with E-state index in [-0.39, 0.29) is 0 Å². The van der Waals surface area contributed by atoms with Crippen molar-refractivity contribution in [3.63, 3.8) is 0 Å². The van der Waals surface area contributed by atoms with Gasteiger partial charge in [-0.2, -0.15) is 0 Å².